The van der Waals surface area contributed by atoms with Crippen LogP contribution in [0.25, 0.3) is 0 Å². The van der Waals surface area contributed by atoms with Crippen LogP contribution in [0, 0.1) is 12.8 Å². The molecule has 0 spiro atoms. The van der Waals surface area contributed by atoms with Crippen LogP contribution in [0.15, 0.2) is 0 Å². The van der Waals surface area contributed by atoms with Gasteiger partial charge >= 0.3 is 0 Å². The molecule has 2 unspecified atom stereocenters. The Bertz CT molecular complexity index is 111. The number of aliphatic hydroxyl groups is 1. The summed E-state index contributed by atoms with van der Waals surface area (Å²) >= 11 is 0. The van der Waals surface area contributed by atoms with Gasteiger partial charge < -0.3 is 9.84 Å². The van der Waals surface area contributed by atoms with Crippen molar-refractivity contribution in [3.8, 4) is 0 Å². The van der Waals surface area contributed by atoms with Crippen molar-refractivity contribution >= 4 is 0 Å². The average molecular weight is 187 g/mol. The van der Waals surface area contributed by atoms with Gasteiger partial charge in [0.25, 0.3) is 0 Å². The number of unbranched alkanes of at least 4 members (excludes halogenated alkanes) is 1. The van der Waals surface area contributed by atoms with E-state index < -0.39 is 6.29 Å². The van der Waals surface area contributed by atoms with Crippen molar-refractivity contribution in [1.29, 1.82) is 0 Å². The maximum Gasteiger partial charge on any atom is 0.154 e. The molecule has 0 fully saturated rings. The Kier molecular flexibility index (Phi) is 7.29. The molecule has 0 rings (SSSR count). The van der Waals surface area contributed by atoms with Gasteiger partial charge in [0.05, 0.1) is 6.10 Å². The maximum atomic E-state index is 9.32. The monoisotopic (exact) mass is 187 g/mol. The normalized spacial score (nSPS) is 14.1. The summed E-state index contributed by atoms with van der Waals surface area (Å²) in [5.74, 6) is 0.754. The Labute approximate surface area is 82.3 Å². The van der Waals surface area contributed by atoms with Gasteiger partial charge in [-0.3, -0.25) is 0 Å². The van der Waals surface area contributed by atoms with E-state index >= 15 is 0 Å². The molecule has 1 N–H and O–H groups in total. The molecule has 0 aliphatic heterocycles. The number of ether oxygens (including phenoxy) is 1. The second-order valence-electron chi connectivity index (χ2n) is 4.08. The van der Waals surface area contributed by atoms with Crippen molar-refractivity contribution in [2.24, 2.45) is 5.92 Å². The van der Waals surface area contributed by atoms with Crippen LogP contribution < -0.4 is 0 Å². The maximum absolute atomic E-state index is 9.32. The first kappa shape index (κ1) is 12.9. The van der Waals surface area contributed by atoms with Gasteiger partial charge in [-0.25, -0.2) is 0 Å². The predicted molar refractivity (Wildman–Crippen MR) is 55.2 cm³/mol. The quantitative estimate of drug-likeness (QED) is 0.490. The van der Waals surface area contributed by atoms with E-state index in [2.05, 4.69) is 20.8 Å². The SMILES string of the molecule is [CH2]C(C)OC(O)CCCCC(C)C. The van der Waals surface area contributed by atoms with E-state index in [0.717, 1.165) is 18.8 Å². The molecule has 0 bridgehead atoms. The minimum absolute atomic E-state index is 0.125. The van der Waals surface area contributed by atoms with Crippen molar-refractivity contribution in [2.75, 3.05) is 0 Å². The third-order valence-corrected chi connectivity index (χ3v) is 1.87. The summed E-state index contributed by atoms with van der Waals surface area (Å²) in [6.45, 7) is 9.91. The molecule has 0 aromatic heterocycles. The van der Waals surface area contributed by atoms with Crippen LogP contribution in [0.5, 0.6) is 0 Å². The van der Waals surface area contributed by atoms with Gasteiger partial charge in [0.15, 0.2) is 6.29 Å². The molecule has 79 valence electrons. The van der Waals surface area contributed by atoms with Crippen LogP contribution in [0.2, 0.25) is 0 Å². The smallest absolute Gasteiger partial charge is 0.154 e. The molecular weight excluding hydrogens is 164 g/mol. The first-order valence-electron chi connectivity index (χ1n) is 5.19. The van der Waals surface area contributed by atoms with E-state index in [1.807, 2.05) is 6.92 Å². The van der Waals surface area contributed by atoms with E-state index in [0.29, 0.717) is 0 Å². The first-order chi connectivity index (χ1) is 6.02. The van der Waals surface area contributed by atoms with Gasteiger partial charge in [0.1, 0.15) is 0 Å². The lowest BCUT2D eigenvalue weighted by Gasteiger charge is -2.14. The summed E-state index contributed by atoms with van der Waals surface area (Å²) in [5.41, 5.74) is 0. The van der Waals surface area contributed by atoms with Crippen LogP contribution in [-0.2, 0) is 4.74 Å². The molecule has 0 aromatic carbocycles. The van der Waals surface area contributed by atoms with Crippen LogP contribution in [0.3, 0.4) is 0 Å². The van der Waals surface area contributed by atoms with Crippen molar-refractivity contribution < 1.29 is 9.84 Å². The Balaban J connectivity index is 3.22. The first-order valence-corrected chi connectivity index (χ1v) is 5.19. The van der Waals surface area contributed by atoms with Crippen molar-refractivity contribution in [1.82, 2.24) is 0 Å². The highest BCUT2D eigenvalue weighted by atomic mass is 16.6. The van der Waals surface area contributed by atoms with Gasteiger partial charge in [-0.15, -0.1) is 0 Å². The topological polar surface area (TPSA) is 29.5 Å². The fraction of sp³-hybridized carbons (Fsp3) is 0.909. The molecule has 2 heteroatoms. The highest BCUT2D eigenvalue weighted by molar-refractivity contribution is 4.54. The third-order valence-electron chi connectivity index (χ3n) is 1.87. The van der Waals surface area contributed by atoms with Crippen LogP contribution in [0.1, 0.15) is 46.5 Å². The third kappa shape index (κ3) is 9.84. The largest absolute Gasteiger partial charge is 0.368 e. The zero-order valence-corrected chi connectivity index (χ0v) is 9.12. The van der Waals surface area contributed by atoms with Gasteiger partial charge in [-0.1, -0.05) is 26.7 Å². The fourth-order valence-corrected chi connectivity index (χ4v) is 1.21. The molecule has 0 aliphatic carbocycles. The van der Waals surface area contributed by atoms with E-state index in [4.69, 9.17) is 4.74 Å². The lowest BCUT2D eigenvalue weighted by molar-refractivity contribution is -0.122. The summed E-state index contributed by atoms with van der Waals surface area (Å²) in [7, 11) is 0. The number of aliphatic hydroxyl groups excluding tert-OH is 1. The van der Waals surface area contributed by atoms with Crippen LogP contribution in [-0.4, -0.2) is 17.5 Å². The van der Waals surface area contributed by atoms with Crippen molar-refractivity contribution in [3.63, 3.8) is 0 Å². The second-order valence-corrected chi connectivity index (χ2v) is 4.08. The molecule has 13 heavy (non-hydrogen) atoms. The Hall–Kier alpha value is -0.0800. The minimum Gasteiger partial charge on any atom is -0.368 e. The fourth-order valence-electron chi connectivity index (χ4n) is 1.21. The Morgan fingerprint density at radius 3 is 2.15 bits per heavy atom. The summed E-state index contributed by atoms with van der Waals surface area (Å²) < 4.78 is 5.10. The van der Waals surface area contributed by atoms with E-state index in [1.54, 1.807) is 0 Å². The number of hydrogen-bond donors (Lipinski definition) is 1. The Morgan fingerprint density at radius 1 is 1.15 bits per heavy atom. The summed E-state index contributed by atoms with van der Waals surface area (Å²) in [5, 5.41) is 9.32. The van der Waals surface area contributed by atoms with Crippen LogP contribution >= 0.6 is 0 Å². The summed E-state index contributed by atoms with van der Waals surface area (Å²) in [6, 6.07) is 0. The minimum atomic E-state index is -0.625. The highest BCUT2D eigenvalue weighted by Crippen LogP contribution is 2.10. The molecular formula is C11H23O2. The zero-order chi connectivity index (χ0) is 10.3. The molecule has 2 nitrogen and oxygen atoms in total. The number of rotatable bonds is 7. The summed E-state index contributed by atoms with van der Waals surface area (Å²) in [4.78, 5) is 0. The molecule has 1 radical (unpaired) electrons. The standard InChI is InChI=1S/C11H23O2/c1-9(2)7-5-6-8-11(12)13-10(3)4/h9-12H,3,5-8H2,1-2,4H3. The molecule has 0 saturated carbocycles. The van der Waals surface area contributed by atoms with Crippen LogP contribution in [0.4, 0.5) is 0 Å². The molecule has 2 atom stereocenters. The molecule has 0 amide bonds. The van der Waals surface area contributed by atoms with Gasteiger partial charge in [0.2, 0.25) is 0 Å². The molecule has 0 aliphatic rings. The van der Waals surface area contributed by atoms with E-state index in [1.165, 1.54) is 12.8 Å². The molecule has 0 saturated heterocycles. The second kappa shape index (κ2) is 7.34. The average Bonchev–Trinajstić information content (AvgIpc) is 1.96. The van der Waals surface area contributed by atoms with Gasteiger partial charge in [-0.2, -0.15) is 0 Å². The zero-order valence-electron chi connectivity index (χ0n) is 9.12. The Morgan fingerprint density at radius 2 is 1.69 bits per heavy atom. The lowest BCUT2D eigenvalue weighted by Crippen LogP contribution is -2.17. The van der Waals surface area contributed by atoms with Gasteiger partial charge in [0, 0.05) is 0 Å². The van der Waals surface area contributed by atoms with E-state index in [-0.39, 0.29) is 6.10 Å². The van der Waals surface area contributed by atoms with E-state index in [9.17, 15) is 5.11 Å². The molecule has 0 aromatic rings. The van der Waals surface area contributed by atoms with Gasteiger partial charge in [-0.05, 0) is 32.6 Å². The highest BCUT2D eigenvalue weighted by Gasteiger charge is 2.05. The lowest BCUT2D eigenvalue weighted by atomic mass is 10.1. The summed E-state index contributed by atoms with van der Waals surface area (Å²) in [6.07, 6.45) is 3.41. The predicted octanol–water partition coefficient (Wildman–Crippen LogP) is 2.76. The van der Waals surface area contributed by atoms with Crippen molar-refractivity contribution in [2.45, 2.75) is 58.8 Å². The number of hydrogen-bond acceptors (Lipinski definition) is 2. The molecule has 0 heterocycles. The van der Waals surface area contributed by atoms with Crippen molar-refractivity contribution in [3.05, 3.63) is 6.92 Å².